The Balaban J connectivity index is 0.848. The van der Waals surface area contributed by atoms with Crippen LogP contribution in [-0.2, 0) is 33.2 Å². The fourth-order valence-corrected chi connectivity index (χ4v) is 13.8. The van der Waals surface area contributed by atoms with Gasteiger partial charge in [0.05, 0.1) is 44.7 Å². The second kappa shape index (κ2) is 18.6. The number of aliphatic hydroxyl groups excluding tert-OH is 11. The molecule has 0 radical (unpaired) electrons. The van der Waals surface area contributed by atoms with Crippen molar-refractivity contribution in [1.29, 1.82) is 0 Å². The van der Waals surface area contributed by atoms with Gasteiger partial charge in [-0.15, -0.1) is 0 Å². The summed E-state index contributed by atoms with van der Waals surface area (Å²) in [6, 6.07) is 0. The highest BCUT2D eigenvalue weighted by Crippen LogP contribution is 2.71. The second-order valence-corrected chi connectivity index (χ2v) is 21.2. The van der Waals surface area contributed by atoms with Crippen LogP contribution in [0.3, 0.4) is 0 Å². The molecule has 19 nitrogen and oxygen atoms in total. The molecule has 27 atom stereocenters. The molecule has 364 valence electrons. The van der Waals surface area contributed by atoms with E-state index in [1.54, 1.807) is 0 Å². The van der Waals surface area contributed by atoms with Gasteiger partial charge in [0.25, 0.3) is 0 Å². The summed E-state index contributed by atoms with van der Waals surface area (Å²) in [7, 11) is 0. The SMILES string of the molecule is C[C@@H](CC[C@]1(O)O[C@H]2C[C@H]3[C@@H]4CC[C@H]5C[C@@H](O[C@@H]6O[C@H](CO[C@@H]7OC[C@@H](O)[C@H](O)[C@H]7O)[C@@H](O)[C@H](O)[C@H]6O)[C@H](O)C[C@]5(C)[C@H]4CC[C@]3(C)[C@H]2[C@@H]1C)CO[C@@H]1O[C@H](CO)[C@@H](O)[C@H](O)[C@H]1O. The lowest BCUT2D eigenvalue weighted by molar-refractivity contribution is -0.336. The van der Waals surface area contributed by atoms with Crippen molar-refractivity contribution in [2.24, 2.45) is 52.3 Å². The lowest BCUT2D eigenvalue weighted by Gasteiger charge is -2.62. The molecule has 8 fully saturated rings. The van der Waals surface area contributed by atoms with Crippen molar-refractivity contribution in [3.8, 4) is 0 Å². The minimum absolute atomic E-state index is 0.0436. The fraction of sp³-hybridized carbons (Fsp3) is 1.00. The van der Waals surface area contributed by atoms with Gasteiger partial charge in [0, 0.05) is 12.3 Å². The first kappa shape index (κ1) is 48.7. The monoisotopic (exact) mass is 906 g/mol. The second-order valence-electron chi connectivity index (χ2n) is 21.2. The number of hydrogen-bond donors (Lipinski definition) is 12. The Hall–Kier alpha value is -0.760. The largest absolute Gasteiger partial charge is 0.394 e. The Labute approximate surface area is 368 Å². The van der Waals surface area contributed by atoms with E-state index < -0.39 is 117 Å². The molecule has 8 aliphatic rings. The molecule has 0 aromatic rings. The Kier molecular flexibility index (Phi) is 14.4. The number of rotatable bonds is 12. The van der Waals surface area contributed by atoms with E-state index in [1.807, 2.05) is 6.92 Å². The summed E-state index contributed by atoms with van der Waals surface area (Å²) >= 11 is 0. The zero-order valence-corrected chi connectivity index (χ0v) is 36.8. The molecule has 63 heavy (non-hydrogen) atoms. The van der Waals surface area contributed by atoms with E-state index >= 15 is 0 Å². The quantitative estimate of drug-likeness (QED) is 0.0928. The van der Waals surface area contributed by atoms with Crippen molar-refractivity contribution in [2.45, 2.75) is 196 Å². The zero-order valence-electron chi connectivity index (χ0n) is 36.8. The summed E-state index contributed by atoms with van der Waals surface area (Å²) in [5, 5.41) is 126. The lowest BCUT2D eigenvalue weighted by Crippen LogP contribution is -2.62. The van der Waals surface area contributed by atoms with Crippen LogP contribution in [0.1, 0.15) is 85.5 Å². The van der Waals surface area contributed by atoms with Crippen LogP contribution in [0, 0.1) is 52.3 Å². The maximum absolute atomic E-state index is 12.0. The third-order valence-electron chi connectivity index (χ3n) is 17.6. The predicted molar refractivity (Wildman–Crippen MR) is 214 cm³/mol. The van der Waals surface area contributed by atoms with E-state index in [0.717, 1.165) is 32.1 Å². The average Bonchev–Trinajstić information content (AvgIpc) is 3.69. The molecule has 4 saturated carbocycles. The average molecular weight is 907 g/mol. The molecule has 4 aliphatic carbocycles. The normalized spacial score (nSPS) is 56.3. The zero-order chi connectivity index (χ0) is 45.5. The van der Waals surface area contributed by atoms with Gasteiger partial charge in [0.1, 0.15) is 67.1 Å². The molecule has 19 heteroatoms. The summed E-state index contributed by atoms with van der Waals surface area (Å²) < 4.78 is 40.9. The topological polar surface area (TPSA) is 307 Å². The molecule has 0 aromatic carbocycles. The van der Waals surface area contributed by atoms with Gasteiger partial charge in [0.15, 0.2) is 24.7 Å². The molecule has 8 rings (SSSR count). The third kappa shape index (κ3) is 8.69. The molecule has 4 saturated heterocycles. The number of aliphatic hydroxyl groups is 12. The lowest BCUT2D eigenvalue weighted by atomic mass is 9.44. The molecule has 12 N–H and O–H groups in total. The van der Waals surface area contributed by atoms with Crippen LogP contribution in [0.2, 0.25) is 0 Å². The van der Waals surface area contributed by atoms with E-state index in [4.69, 9.17) is 33.2 Å². The maximum atomic E-state index is 12.0. The standard InChI is InChI=1S/C44H74O19/c1-18(15-57-40-37(54)34(51)32(49)28(14-45)61-40)7-10-44(56)19(2)30-27(63-44)12-23-21-6-5-20-11-26(24(46)13-43(20,4)22(21)8-9-42(23,30)3)60-41-38(55)35(52)33(50)29(62-41)17-59-39-36(53)31(48)25(47)16-58-39/h18-41,45-56H,5-17H2,1-4H3/t18-,19-,20-,21+,22-,23-,24+,25+,26+,27-,28+,29+,30-,31-,32+,33+,34-,35-,36+,37+,38+,39-,40+,41+,42-,43-,44-/m0/s1. The van der Waals surface area contributed by atoms with Gasteiger partial charge in [-0.3, -0.25) is 0 Å². The van der Waals surface area contributed by atoms with Crippen LogP contribution >= 0.6 is 0 Å². The summed E-state index contributed by atoms with van der Waals surface area (Å²) in [5.74, 6) is 0.0396. The third-order valence-corrected chi connectivity index (χ3v) is 17.6. The molecular weight excluding hydrogens is 832 g/mol. The smallest absolute Gasteiger partial charge is 0.187 e. The first-order chi connectivity index (χ1) is 29.7. The van der Waals surface area contributed by atoms with Gasteiger partial charge in [-0.1, -0.05) is 27.7 Å². The Morgan fingerprint density at radius 1 is 0.698 bits per heavy atom. The predicted octanol–water partition coefficient (Wildman–Crippen LogP) is -2.17. The number of fused-ring (bicyclic) bond motifs is 7. The van der Waals surface area contributed by atoms with Crippen molar-refractivity contribution >= 4 is 0 Å². The highest BCUT2D eigenvalue weighted by molar-refractivity contribution is 5.15. The molecule has 0 bridgehead atoms. The van der Waals surface area contributed by atoms with Crippen LogP contribution in [0.25, 0.3) is 0 Å². The molecule has 0 aromatic heterocycles. The number of hydrogen-bond acceptors (Lipinski definition) is 19. The minimum atomic E-state index is -1.66. The maximum Gasteiger partial charge on any atom is 0.187 e. The van der Waals surface area contributed by atoms with Crippen molar-refractivity contribution in [2.75, 3.05) is 26.4 Å². The molecule has 0 amide bonds. The van der Waals surface area contributed by atoms with E-state index in [-0.39, 0.29) is 53.8 Å². The molecule has 0 spiro atoms. The molecular formula is C44H74O19. The van der Waals surface area contributed by atoms with Crippen LogP contribution in [0.5, 0.6) is 0 Å². The van der Waals surface area contributed by atoms with E-state index in [0.29, 0.717) is 43.4 Å². The summed E-state index contributed by atoms with van der Waals surface area (Å²) in [6.07, 6.45) is -14.9. The van der Waals surface area contributed by atoms with Crippen molar-refractivity contribution < 1.29 is 94.4 Å². The van der Waals surface area contributed by atoms with E-state index in [1.165, 1.54) is 0 Å². The van der Waals surface area contributed by atoms with Gasteiger partial charge < -0.3 is 94.4 Å². The van der Waals surface area contributed by atoms with E-state index in [9.17, 15) is 61.3 Å². The van der Waals surface area contributed by atoms with Gasteiger partial charge in [0.2, 0.25) is 0 Å². The van der Waals surface area contributed by atoms with Crippen LogP contribution < -0.4 is 0 Å². The van der Waals surface area contributed by atoms with Crippen molar-refractivity contribution in [1.82, 2.24) is 0 Å². The summed E-state index contributed by atoms with van der Waals surface area (Å²) in [6.45, 7) is 7.67. The summed E-state index contributed by atoms with van der Waals surface area (Å²) in [4.78, 5) is 0. The van der Waals surface area contributed by atoms with Crippen LogP contribution in [0.15, 0.2) is 0 Å². The van der Waals surface area contributed by atoms with Crippen LogP contribution in [-0.4, -0.2) is 198 Å². The fourth-order valence-electron chi connectivity index (χ4n) is 13.8. The Morgan fingerprint density at radius 3 is 2.08 bits per heavy atom. The van der Waals surface area contributed by atoms with Gasteiger partial charge in [-0.2, -0.15) is 0 Å². The molecule has 4 heterocycles. The number of ether oxygens (including phenoxy) is 7. The molecule has 4 aliphatic heterocycles. The van der Waals surface area contributed by atoms with Gasteiger partial charge in [-0.25, -0.2) is 0 Å². The molecule has 0 unspecified atom stereocenters. The Bertz CT molecular complexity index is 1550. The van der Waals surface area contributed by atoms with Crippen molar-refractivity contribution in [3.63, 3.8) is 0 Å². The first-order valence-corrected chi connectivity index (χ1v) is 23.3. The highest BCUT2D eigenvalue weighted by atomic mass is 16.7. The Morgan fingerprint density at radius 2 is 1.37 bits per heavy atom. The van der Waals surface area contributed by atoms with Gasteiger partial charge in [-0.05, 0) is 97.7 Å². The van der Waals surface area contributed by atoms with E-state index in [2.05, 4.69) is 20.8 Å². The summed E-state index contributed by atoms with van der Waals surface area (Å²) in [5.41, 5.74) is -0.225. The van der Waals surface area contributed by atoms with Crippen molar-refractivity contribution in [3.05, 3.63) is 0 Å². The first-order valence-electron chi connectivity index (χ1n) is 23.3. The van der Waals surface area contributed by atoms with Gasteiger partial charge >= 0.3 is 0 Å². The minimum Gasteiger partial charge on any atom is -0.394 e. The highest BCUT2D eigenvalue weighted by Gasteiger charge is 2.69. The van der Waals surface area contributed by atoms with Crippen LogP contribution in [0.4, 0.5) is 0 Å².